The van der Waals surface area contributed by atoms with Gasteiger partial charge in [-0.05, 0) is 30.0 Å². The zero-order chi connectivity index (χ0) is 15.6. The molecule has 1 aromatic carbocycles. The quantitative estimate of drug-likeness (QED) is 0.631. The van der Waals surface area contributed by atoms with Crippen molar-refractivity contribution in [1.82, 2.24) is 0 Å². The topological polar surface area (TPSA) is 29.1 Å². The maximum absolute atomic E-state index is 12.2. The molecule has 20 heavy (non-hydrogen) atoms. The number of benzene rings is 1. The third-order valence-electron chi connectivity index (χ3n) is 1.80. The Labute approximate surface area is 118 Å². The van der Waals surface area contributed by atoms with Crippen molar-refractivity contribution in [2.24, 2.45) is 0 Å². The van der Waals surface area contributed by atoms with Gasteiger partial charge in [-0.2, -0.15) is 26.3 Å². The summed E-state index contributed by atoms with van der Waals surface area (Å²) in [6.07, 6.45) is -6.42. The molecule has 1 N–H and O–H groups in total. The molecule has 0 aromatic heterocycles. The van der Waals surface area contributed by atoms with E-state index < -0.39 is 40.7 Å². The van der Waals surface area contributed by atoms with Crippen LogP contribution in [0.25, 0.3) is 0 Å². The van der Waals surface area contributed by atoms with Gasteiger partial charge in [0.05, 0.1) is 5.02 Å². The summed E-state index contributed by atoms with van der Waals surface area (Å²) in [6, 6.07) is 3.02. The number of thioether (sulfide) groups is 1. The zero-order valence-electron chi connectivity index (χ0n) is 9.40. The molecular weight excluding hydrogens is 332 g/mol. The van der Waals surface area contributed by atoms with Crippen LogP contribution in [0.1, 0.15) is 6.42 Å². The number of nitrogens with one attached hydrogen (secondary N) is 1. The molecular formula is C10H6ClF6NOS. The molecule has 0 fully saturated rings. The van der Waals surface area contributed by atoms with Crippen LogP contribution < -0.4 is 5.32 Å². The number of hydrogen-bond donors (Lipinski definition) is 1. The van der Waals surface area contributed by atoms with Crippen LogP contribution in [-0.2, 0) is 4.79 Å². The molecule has 0 heterocycles. The average Bonchev–Trinajstić information content (AvgIpc) is 2.18. The summed E-state index contributed by atoms with van der Waals surface area (Å²) < 4.78 is 72.4. The number of rotatable bonds is 3. The van der Waals surface area contributed by atoms with Gasteiger partial charge in [0.1, 0.15) is 6.42 Å². The lowest BCUT2D eigenvalue weighted by Gasteiger charge is -2.11. The number of halogens is 7. The van der Waals surface area contributed by atoms with Crippen LogP contribution in [0.4, 0.5) is 32.0 Å². The fourth-order valence-corrected chi connectivity index (χ4v) is 2.01. The second-order valence-corrected chi connectivity index (χ2v) is 5.05. The maximum atomic E-state index is 12.2. The smallest absolute Gasteiger partial charge is 0.326 e. The number of anilines is 1. The van der Waals surface area contributed by atoms with Crippen molar-refractivity contribution in [1.29, 1.82) is 0 Å². The summed E-state index contributed by atoms with van der Waals surface area (Å²) in [4.78, 5) is 10.6. The number of alkyl halides is 6. The van der Waals surface area contributed by atoms with Crippen LogP contribution in [0.2, 0.25) is 5.02 Å². The zero-order valence-corrected chi connectivity index (χ0v) is 11.0. The van der Waals surface area contributed by atoms with Gasteiger partial charge in [0.2, 0.25) is 5.91 Å². The van der Waals surface area contributed by atoms with Crippen molar-refractivity contribution in [3.63, 3.8) is 0 Å². The van der Waals surface area contributed by atoms with Crippen LogP contribution >= 0.6 is 23.4 Å². The Morgan fingerprint density at radius 1 is 1.20 bits per heavy atom. The molecule has 0 aliphatic carbocycles. The molecule has 0 aliphatic rings. The summed E-state index contributed by atoms with van der Waals surface area (Å²) >= 11 is 5.01. The molecule has 0 saturated carbocycles. The molecule has 10 heteroatoms. The first-order valence-electron chi connectivity index (χ1n) is 4.88. The van der Waals surface area contributed by atoms with E-state index in [9.17, 15) is 31.1 Å². The molecule has 1 aromatic rings. The third kappa shape index (κ3) is 6.38. The molecule has 2 nitrogen and oxygen atoms in total. The molecule has 0 radical (unpaired) electrons. The molecule has 112 valence electrons. The first kappa shape index (κ1) is 17.0. The highest BCUT2D eigenvalue weighted by Gasteiger charge is 2.32. The molecule has 1 rings (SSSR count). The second-order valence-electron chi connectivity index (χ2n) is 3.53. The first-order chi connectivity index (χ1) is 8.96. The Kier molecular flexibility index (Phi) is 5.20. The van der Waals surface area contributed by atoms with Crippen molar-refractivity contribution < 1.29 is 31.1 Å². The van der Waals surface area contributed by atoms with E-state index in [1.165, 1.54) is 0 Å². The van der Waals surface area contributed by atoms with Gasteiger partial charge in [-0.15, -0.1) is 0 Å². The van der Waals surface area contributed by atoms with Crippen LogP contribution in [0, 0.1) is 0 Å². The molecule has 0 aliphatic heterocycles. The number of amides is 1. The predicted molar refractivity (Wildman–Crippen MR) is 62.7 cm³/mol. The van der Waals surface area contributed by atoms with Gasteiger partial charge >= 0.3 is 11.7 Å². The maximum Gasteiger partial charge on any atom is 0.446 e. The summed E-state index contributed by atoms with van der Waals surface area (Å²) in [7, 11) is 0. The highest BCUT2D eigenvalue weighted by Crippen LogP contribution is 2.41. The molecule has 0 spiro atoms. The third-order valence-corrected chi connectivity index (χ3v) is 3.03. The lowest BCUT2D eigenvalue weighted by molar-refractivity contribution is -0.150. The minimum Gasteiger partial charge on any atom is -0.326 e. The molecule has 0 bridgehead atoms. The first-order valence-corrected chi connectivity index (χ1v) is 6.07. The molecule has 1 amide bonds. The lowest BCUT2D eigenvalue weighted by Crippen LogP contribution is -2.21. The molecule has 0 unspecified atom stereocenters. The Balaban J connectivity index is 2.82. The second kappa shape index (κ2) is 6.13. The fraction of sp³-hybridized carbons (Fsp3) is 0.300. The van der Waals surface area contributed by atoms with Gasteiger partial charge in [-0.25, -0.2) is 0 Å². The minimum absolute atomic E-state index is 0.199. The van der Waals surface area contributed by atoms with Crippen molar-refractivity contribution >= 4 is 35.0 Å². The predicted octanol–water partition coefficient (Wildman–Crippen LogP) is 4.84. The van der Waals surface area contributed by atoms with Crippen LogP contribution in [0.15, 0.2) is 23.1 Å². The number of carbonyl (C=O) groups is 1. The van der Waals surface area contributed by atoms with E-state index in [-0.39, 0.29) is 10.7 Å². The van der Waals surface area contributed by atoms with E-state index in [4.69, 9.17) is 11.6 Å². The van der Waals surface area contributed by atoms with E-state index in [2.05, 4.69) is 0 Å². The average molecular weight is 338 g/mol. The van der Waals surface area contributed by atoms with Crippen molar-refractivity contribution in [2.75, 3.05) is 5.32 Å². The highest BCUT2D eigenvalue weighted by atomic mass is 35.5. The Morgan fingerprint density at radius 3 is 2.30 bits per heavy atom. The van der Waals surface area contributed by atoms with Crippen molar-refractivity contribution in [3.05, 3.63) is 23.2 Å². The van der Waals surface area contributed by atoms with E-state index in [1.54, 1.807) is 0 Å². The van der Waals surface area contributed by atoms with Gasteiger partial charge in [0.25, 0.3) is 0 Å². The summed E-state index contributed by atoms with van der Waals surface area (Å²) in [5.74, 6) is -1.37. The van der Waals surface area contributed by atoms with Gasteiger partial charge < -0.3 is 5.32 Å². The summed E-state index contributed by atoms with van der Waals surface area (Å²) in [6.45, 7) is 0. The number of hydrogen-bond acceptors (Lipinski definition) is 2. The van der Waals surface area contributed by atoms with Crippen LogP contribution in [0.3, 0.4) is 0 Å². The van der Waals surface area contributed by atoms with E-state index in [0.717, 1.165) is 18.2 Å². The standard InChI is InChI=1S/C10H6ClF6NOS/c11-6-2-1-5(3-7(6)20-10(15,16)17)18-8(19)4-9(12,13)14/h1-3H,4H2,(H,18,19). The Morgan fingerprint density at radius 2 is 1.80 bits per heavy atom. The van der Waals surface area contributed by atoms with Crippen molar-refractivity contribution in [3.8, 4) is 0 Å². The SMILES string of the molecule is O=C(CC(F)(F)F)Nc1ccc(Cl)c(SC(F)(F)F)c1. The molecule has 0 saturated heterocycles. The minimum atomic E-state index is -4.69. The van der Waals surface area contributed by atoms with Gasteiger partial charge in [0.15, 0.2) is 0 Å². The van der Waals surface area contributed by atoms with Gasteiger partial charge in [-0.1, -0.05) is 11.6 Å². The van der Waals surface area contributed by atoms with Crippen LogP contribution in [-0.4, -0.2) is 17.6 Å². The fourth-order valence-electron chi connectivity index (χ4n) is 1.17. The van der Waals surface area contributed by atoms with E-state index in [0.29, 0.717) is 0 Å². The highest BCUT2D eigenvalue weighted by molar-refractivity contribution is 8.00. The van der Waals surface area contributed by atoms with Gasteiger partial charge in [-0.3, -0.25) is 4.79 Å². The van der Waals surface area contributed by atoms with Crippen molar-refractivity contribution in [2.45, 2.75) is 23.0 Å². The normalized spacial score (nSPS) is 12.3. The Hall–Kier alpha value is -1.09. The van der Waals surface area contributed by atoms with Crippen LogP contribution in [0.5, 0.6) is 0 Å². The monoisotopic (exact) mass is 337 g/mol. The summed E-state index contributed by atoms with van der Waals surface area (Å²) in [5, 5.41) is 1.63. The van der Waals surface area contributed by atoms with E-state index in [1.807, 2.05) is 5.32 Å². The largest absolute Gasteiger partial charge is 0.446 e. The summed E-state index contributed by atoms with van der Waals surface area (Å²) in [5.41, 5.74) is -4.80. The lowest BCUT2D eigenvalue weighted by atomic mass is 10.3. The molecule has 0 atom stereocenters. The van der Waals surface area contributed by atoms with E-state index >= 15 is 0 Å². The Bertz CT molecular complexity index is 502. The number of carbonyl (C=O) groups excluding carboxylic acids is 1. The van der Waals surface area contributed by atoms with Gasteiger partial charge in [0, 0.05) is 10.6 Å².